The molecule has 138 valence electrons. The molecule has 25 heavy (non-hydrogen) atoms. The standard InChI is InChI=1S/C18H29N5O2/c1-4-7-23-12-14(11-20-23)10-19-16(15-5-8-24-9-6-15)18-21-17(13(2)3)22-25-18/h11-13,15-16,19H,4-10H2,1-3H3/t16-/m0/s1. The van der Waals surface area contributed by atoms with E-state index >= 15 is 0 Å². The van der Waals surface area contributed by atoms with Crippen molar-refractivity contribution in [3.63, 3.8) is 0 Å². The zero-order valence-electron chi connectivity index (χ0n) is 15.4. The topological polar surface area (TPSA) is 78.0 Å². The van der Waals surface area contributed by atoms with Crippen molar-refractivity contribution in [3.8, 4) is 0 Å². The van der Waals surface area contributed by atoms with Gasteiger partial charge in [-0.3, -0.25) is 4.68 Å². The van der Waals surface area contributed by atoms with Crippen LogP contribution >= 0.6 is 0 Å². The molecule has 0 amide bonds. The summed E-state index contributed by atoms with van der Waals surface area (Å²) in [6.07, 6.45) is 7.12. The number of nitrogens with one attached hydrogen (secondary N) is 1. The third-order valence-electron chi connectivity index (χ3n) is 4.64. The fourth-order valence-corrected chi connectivity index (χ4v) is 3.19. The van der Waals surface area contributed by atoms with Crippen LogP contribution in [0.1, 0.15) is 69.3 Å². The van der Waals surface area contributed by atoms with Gasteiger partial charge in [-0.05, 0) is 25.2 Å². The maximum atomic E-state index is 5.59. The molecule has 0 unspecified atom stereocenters. The van der Waals surface area contributed by atoms with Crippen molar-refractivity contribution < 1.29 is 9.26 Å². The fourth-order valence-electron chi connectivity index (χ4n) is 3.19. The molecule has 1 aliphatic rings. The molecule has 1 N–H and O–H groups in total. The maximum Gasteiger partial charge on any atom is 0.244 e. The summed E-state index contributed by atoms with van der Waals surface area (Å²) in [4.78, 5) is 4.63. The minimum absolute atomic E-state index is 0.0541. The first-order valence-corrected chi connectivity index (χ1v) is 9.33. The van der Waals surface area contributed by atoms with Crippen molar-refractivity contribution in [2.75, 3.05) is 13.2 Å². The first kappa shape index (κ1) is 18.1. The SMILES string of the molecule is CCCn1cc(CN[C@H](c2nc(C(C)C)no2)C2CCOCC2)cn1. The summed E-state index contributed by atoms with van der Waals surface area (Å²) in [5, 5.41) is 12.2. The molecule has 1 fully saturated rings. The van der Waals surface area contributed by atoms with Crippen LogP contribution in [0.2, 0.25) is 0 Å². The summed E-state index contributed by atoms with van der Waals surface area (Å²) in [6, 6.07) is 0.0541. The highest BCUT2D eigenvalue weighted by molar-refractivity contribution is 5.05. The van der Waals surface area contributed by atoms with Gasteiger partial charge in [0.15, 0.2) is 5.82 Å². The van der Waals surface area contributed by atoms with E-state index in [-0.39, 0.29) is 12.0 Å². The second-order valence-electron chi connectivity index (χ2n) is 7.07. The highest BCUT2D eigenvalue weighted by atomic mass is 16.5. The Balaban J connectivity index is 1.70. The van der Waals surface area contributed by atoms with Crippen LogP contribution in [0.3, 0.4) is 0 Å². The molecule has 1 saturated heterocycles. The van der Waals surface area contributed by atoms with E-state index in [0.29, 0.717) is 11.8 Å². The molecule has 0 spiro atoms. The van der Waals surface area contributed by atoms with E-state index in [1.807, 2.05) is 10.9 Å². The van der Waals surface area contributed by atoms with Crippen LogP contribution in [0, 0.1) is 5.92 Å². The van der Waals surface area contributed by atoms with Crippen molar-refractivity contribution in [2.45, 2.75) is 65.1 Å². The number of rotatable bonds is 8. The van der Waals surface area contributed by atoms with Gasteiger partial charge in [0.05, 0.1) is 12.2 Å². The number of aryl methyl sites for hydroxylation is 1. The van der Waals surface area contributed by atoms with E-state index in [1.54, 1.807) is 0 Å². The monoisotopic (exact) mass is 347 g/mol. The van der Waals surface area contributed by atoms with Gasteiger partial charge in [0.1, 0.15) is 0 Å². The molecule has 1 aliphatic heterocycles. The normalized spacial score (nSPS) is 17.3. The summed E-state index contributed by atoms with van der Waals surface area (Å²) in [5.74, 6) is 2.17. The van der Waals surface area contributed by atoms with E-state index in [2.05, 4.69) is 47.5 Å². The third kappa shape index (κ3) is 4.67. The quantitative estimate of drug-likeness (QED) is 0.791. The van der Waals surface area contributed by atoms with Crippen LogP contribution in [0.5, 0.6) is 0 Å². The van der Waals surface area contributed by atoms with Gasteiger partial charge in [0.2, 0.25) is 5.89 Å². The van der Waals surface area contributed by atoms with E-state index < -0.39 is 0 Å². The lowest BCUT2D eigenvalue weighted by Crippen LogP contribution is -2.32. The number of hydrogen-bond acceptors (Lipinski definition) is 6. The molecule has 3 rings (SSSR count). The highest BCUT2D eigenvalue weighted by Gasteiger charge is 2.30. The first-order chi connectivity index (χ1) is 12.2. The van der Waals surface area contributed by atoms with E-state index in [4.69, 9.17) is 9.26 Å². The molecule has 2 aromatic heterocycles. The van der Waals surface area contributed by atoms with Gasteiger partial charge < -0.3 is 14.6 Å². The van der Waals surface area contributed by atoms with Crippen molar-refractivity contribution in [1.29, 1.82) is 0 Å². The van der Waals surface area contributed by atoms with Gasteiger partial charge in [0, 0.05) is 44.0 Å². The average molecular weight is 347 g/mol. The predicted molar refractivity (Wildman–Crippen MR) is 94.0 cm³/mol. The largest absolute Gasteiger partial charge is 0.381 e. The summed E-state index contributed by atoms with van der Waals surface area (Å²) in [6.45, 7) is 9.59. The lowest BCUT2D eigenvalue weighted by atomic mass is 9.91. The van der Waals surface area contributed by atoms with Crippen LogP contribution in [0.4, 0.5) is 0 Å². The minimum Gasteiger partial charge on any atom is -0.381 e. The number of hydrogen-bond donors (Lipinski definition) is 1. The van der Waals surface area contributed by atoms with Crippen LogP contribution in [0.25, 0.3) is 0 Å². The zero-order chi connectivity index (χ0) is 17.6. The van der Waals surface area contributed by atoms with Crippen molar-refractivity contribution in [2.24, 2.45) is 5.92 Å². The predicted octanol–water partition coefficient (Wildman–Crippen LogP) is 3.06. The van der Waals surface area contributed by atoms with Gasteiger partial charge >= 0.3 is 0 Å². The Kier molecular flexibility index (Phi) is 6.20. The molecule has 0 aromatic carbocycles. The molecule has 0 bridgehead atoms. The Morgan fingerprint density at radius 1 is 1.32 bits per heavy atom. The number of aromatic nitrogens is 4. The Morgan fingerprint density at radius 2 is 2.12 bits per heavy atom. The Bertz CT molecular complexity index is 645. The molecule has 7 nitrogen and oxygen atoms in total. The molecule has 3 heterocycles. The van der Waals surface area contributed by atoms with Crippen LogP contribution in [0.15, 0.2) is 16.9 Å². The second kappa shape index (κ2) is 8.58. The van der Waals surface area contributed by atoms with Gasteiger partial charge in [-0.15, -0.1) is 0 Å². The second-order valence-corrected chi connectivity index (χ2v) is 7.07. The van der Waals surface area contributed by atoms with E-state index in [1.165, 1.54) is 5.56 Å². The number of ether oxygens (including phenoxy) is 1. The van der Waals surface area contributed by atoms with Gasteiger partial charge in [-0.1, -0.05) is 25.9 Å². The Morgan fingerprint density at radius 3 is 2.80 bits per heavy atom. The third-order valence-corrected chi connectivity index (χ3v) is 4.64. The molecule has 0 saturated carbocycles. The zero-order valence-corrected chi connectivity index (χ0v) is 15.4. The average Bonchev–Trinajstić information content (AvgIpc) is 3.26. The molecular formula is C18H29N5O2. The van der Waals surface area contributed by atoms with Crippen molar-refractivity contribution in [1.82, 2.24) is 25.2 Å². The van der Waals surface area contributed by atoms with Gasteiger partial charge in [0.25, 0.3) is 0 Å². The highest BCUT2D eigenvalue weighted by Crippen LogP contribution is 2.30. The Labute approximate surface area is 149 Å². The Hall–Kier alpha value is -1.73. The summed E-state index contributed by atoms with van der Waals surface area (Å²) >= 11 is 0. The molecule has 0 aliphatic carbocycles. The van der Waals surface area contributed by atoms with Crippen LogP contribution in [-0.2, 0) is 17.8 Å². The van der Waals surface area contributed by atoms with Crippen molar-refractivity contribution in [3.05, 3.63) is 29.7 Å². The smallest absolute Gasteiger partial charge is 0.244 e. The minimum atomic E-state index is 0.0541. The molecule has 1 atom stereocenters. The maximum absolute atomic E-state index is 5.59. The summed E-state index contributed by atoms with van der Waals surface area (Å²) in [7, 11) is 0. The van der Waals surface area contributed by atoms with Crippen LogP contribution < -0.4 is 5.32 Å². The molecular weight excluding hydrogens is 318 g/mol. The molecule has 0 radical (unpaired) electrons. The fraction of sp³-hybridized carbons (Fsp3) is 0.722. The lowest BCUT2D eigenvalue weighted by molar-refractivity contribution is 0.0485. The van der Waals surface area contributed by atoms with Crippen LogP contribution in [-0.4, -0.2) is 33.1 Å². The summed E-state index contributed by atoms with van der Waals surface area (Å²) in [5.41, 5.74) is 1.18. The molecule has 7 heteroatoms. The van der Waals surface area contributed by atoms with E-state index in [9.17, 15) is 0 Å². The van der Waals surface area contributed by atoms with Gasteiger partial charge in [-0.2, -0.15) is 10.1 Å². The van der Waals surface area contributed by atoms with Gasteiger partial charge in [-0.25, -0.2) is 0 Å². The van der Waals surface area contributed by atoms with Crippen molar-refractivity contribution >= 4 is 0 Å². The lowest BCUT2D eigenvalue weighted by Gasteiger charge is -2.28. The number of nitrogens with zero attached hydrogens (tertiary/aromatic N) is 4. The summed E-state index contributed by atoms with van der Waals surface area (Å²) < 4.78 is 13.1. The molecule has 2 aromatic rings. The van der Waals surface area contributed by atoms with E-state index in [0.717, 1.165) is 51.4 Å². The first-order valence-electron chi connectivity index (χ1n) is 9.33.